The van der Waals surface area contributed by atoms with Crippen LogP contribution in [0.5, 0.6) is 17.2 Å². The van der Waals surface area contributed by atoms with Crippen LogP contribution in [0.4, 0.5) is 10.8 Å². The van der Waals surface area contributed by atoms with E-state index in [0.717, 1.165) is 22.5 Å². The number of methoxy groups -OCH3 is 3. The van der Waals surface area contributed by atoms with Crippen molar-refractivity contribution in [2.75, 3.05) is 45.1 Å². The van der Waals surface area contributed by atoms with E-state index in [9.17, 15) is 19.2 Å². The normalized spacial score (nSPS) is 13.5. The maximum atomic E-state index is 13.4. The number of nitrogens with one attached hydrogen (secondary N) is 3. The molecule has 1 heterocycles. The maximum absolute atomic E-state index is 13.4. The highest BCUT2D eigenvalue weighted by molar-refractivity contribution is 7.14. The first-order chi connectivity index (χ1) is 20.2. The molecule has 0 fully saturated rings. The van der Waals surface area contributed by atoms with Gasteiger partial charge in [-0.2, -0.15) is 0 Å². The molecule has 42 heavy (non-hydrogen) atoms. The Bertz CT molecular complexity index is 1570. The topological polar surface area (TPSA) is 154 Å². The SMILES string of the molecule is CCOC(=O)c1csc(NC(=O)CNc2ccc3c(cc2=O)[C@H](NC(C)=O)CCc2cc(OC)c(OC)c(OC)c2-3)n1. The van der Waals surface area contributed by atoms with E-state index in [1.54, 1.807) is 26.2 Å². The lowest BCUT2D eigenvalue weighted by atomic mass is 9.95. The number of esters is 1. The molecule has 3 aromatic rings. The Morgan fingerprint density at radius 2 is 1.83 bits per heavy atom. The molecule has 1 atom stereocenters. The molecule has 12 nitrogen and oxygen atoms in total. The number of benzene rings is 1. The fourth-order valence-electron chi connectivity index (χ4n) is 4.82. The minimum absolute atomic E-state index is 0.0993. The Balaban J connectivity index is 1.69. The number of aromatic nitrogens is 1. The monoisotopic (exact) mass is 596 g/mol. The Morgan fingerprint density at radius 3 is 2.50 bits per heavy atom. The van der Waals surface area contributed by atoms with Crippen LogP contribution in [0, 0.1) is 0 Å². The van der Waals surface area contributed by atoms with Gasteiger partial charge in [-0.25, -0.2) is 9.78 Å². The summed E-state index contributed by atoms with van der Waals surface area (Å²) < 4.78 is 21.9. The third-order valence-corrected chi connectivity index (χ3v) is 7.35. The van der Waals surface area contributed by atoms with Crippen molar-refractivity contribution in [1.29, 1.82) is 0 Å². The van der Waals surface area contributed by atoms with Crippen LogP contribution in [0.1, 0.15) is 47.9 Å². The largest absolute Gasteiger partial charge is 0.493 e. The predicted molar refractivity (Wildman–Crippen MR) is 158 cm³/mol. The van der Waals surface area contributed by atoms with Crippen LogP contribution in [-0.4, -0.2) is 57.2 Å². The number of rotatable bonds is 10. The second-order valence-electron chi connectivity index (χ2n) is 9.26. The summed E-state index contributed by atoms with van der Waals surface area (Å²) >= 11 is 1.08. The number of ether oxygens (including phenoxy) is 4. The summed E-state index contributed by atoms with van der Waals surface area (Å²) in [5.74, 6) is 0.0651. The number of thiazole rings is 1. The maximum Gasteiger partial charge on any atom is 0.357 e. The van der Waals surface area contributed by atoms with Gasteiger partial charge in [-0.15, -0.1) is 11.3 Å². The quantitative estimate of drug-likeness (QED) is 0.296. The average Bonchev–Trinajstić information content (AvgIpc) is 3.30. The molecule has 0 bridgehead atoms. The molecule has 3 N–H and O–H groups in total. The van der Waals surface area contributed by atoms with Crippen LogP contribution in [0.2, 0.25) is 0 Å². The number of nitrogens with zero attached hydrogens (tertiary/aromatic N) is 1. The minimum atomic E-state index is -0.577. The van der Waals surface area contributed by atoms with Crippen molar-refractivity contribution >= 4 is 39.9 Å². The van der Waals surface area contributed by atoms with Crippen LogP contribution in [0.3, 0.4) is 0 Å². The van der Waals surface area contributed by atoms with E-state index in [4.69, 9.17) is 18.9 Å². The van der Waals surface area contributed by atoms with Crippen LogP contribution in [0.15, 0.2) is 34.4 Å². The first kappa shape index (κ1) is 30.3. The van der Waals surface area contributed by atoms with Gasteiger partial charge < -0.3 is 34.9 Å². The van der Waals surface area contributed by atoms with Crippen LogP contribution < -0.4 is 35.6 Å². The second kappa shape index (κ2) is 13.3. The molecule has 13 heteroatoms. The van der Waals surface area contributed by atoms with Gasteiger partial charge in [0, 0.05) is 17.9 Å². The molecule has 0 aliphatic heterocycles. The molecular weight excluding hydrogens is 564 g/mol. The highest BCUT2D eigenvalue weighted by Crippen LogP contribution is 2.50. The zero-order valence-electron chi connectivity index (χ0n) is 23.9. The molecule has 1 aromatic heterocycles. The molecule has 2 amide bonds. The number of anilines is 2. The Labute approximate surface area is 246 Å². The summed E-state index contributed by atoms with van der Waals surface area (Å²) in [5.41, 5.74) is 2.79. The number of hydrogen-bond acceptors (Lipinski definition) is 11. The minimum Gasteiger partial charge on any atom is -0.493 e. The first-order valence-electron chi connectivity index (χ1n) is 13.1. The van der Waals surface area contributed by atoms with Crippen molar-refractivity contribution < 1.29 is 33.3 Å². The molecule has 0 unspecified atom stereocenters. The molecular formula is C29H32N4O8S. The predicted octanol–water partition coefficient (Wildman–Crippen LogP) is 3.55. The van der Waals surface area contributed by atoms with E-state index >= 15 is 0 Å². The summed E-state index contributed by atoms with van der Waals surface area (Å²) in [7, 11) is 4.58. The summed E-state index contributed by atoms with van der Waals surface area (Å²) in [5, 5.41) is 10.2. The van der Waals surface area contributed by atoms with E-state index in [0.29, 0.717) is 41.2 Å². The van der Waals surface area contributed by atoms with Crippen LogP contribution in [0.25, 0.3) is 11.1 Å². The number of aryl methyl sites for hydroxylation is 1. The lowest BCUT2D eigenvalue weighted by Gasteiger charge is -2.19. The molecule has 0 saturated heterocycles. The third kappa shape index (κ3) is 6.46. The van der Waals surface area contributed by atoms with E-state index in [1.165, 1.54) is 32.6 Å². The molecule has 0 radical (unpaired) electrons. The summed E-state index contributed by atoms with van der Waals surface area (Å²) in [6.45, 7) is 3.09. The summed E-state index contributed by atoms with van der Waals surface area (Å²) in [4.78, 5) is 54.0. The second-order valence-corrected chi connectivity index (χ2v) is 10.1. The lowest BCUT2D eigenvalue weighted by Crippen LogP contribution is -2.27. The average molecular weight is 597 g/mol. The molecule has 0 saturated carbocycles. The molecule has 4 rings (SSSR count). The standard InChI is InChI=1S/C29H32N4O8S/c1-6-41-28(37)21-14-42-29(32-21)33-24(36)13-30-20-10-8-17-18(12-22(20)35)19(31-15(2)34)9-7-16-11-23(38-3)26(39-4)27(40-5)25(16)17/h8,10-12,14,19H,6-7,9,13H2,1-5H3,(H,30,35)(H,31,34)(H,32,33,36)/t19-/m1/s1. The Kier molecular flexibility index (Phi) is 9.63. The Hall–Kier alpha value is -4.65. The number of carbonyl (C=O) groups is 3. The smallest absolute Gasteiger partial charge is 0.357 e. The van der Waals surface area contributed by atoms with E-state index in [-0.39, 0.29) is 41.0 Å². The summed E-state index contributed by atoms with van der Waals surface area (Å²) in [6.07, 6.45) is 1.10. The molecule has 2 aromatic carbocycles. The molecule has 1 aliphatic carbocycles. The van der Waals surface area contributed by atoms with Crippen molar-refractivity contribution in [3.8, 4) is 28.4 Å². The van der Waals surface area contributed by atoms with E-state index in [1.807, 2.05) is 6.07 Å². The van der Waals surface area contributed by atoms with E-state index < -0.39 is 17.9 Å². The zero-order valence-corrected chi connectivity index (χ0v) is 24.7. The third-order valence-electron chi connectivity index (χ3n) is 6.59. The number of amides is 2. The zero-order chi connectivity index (χ0) is 30.4. The highest BCUT2D eigenvalue weighted by atomic mass is 32.1. The first-order valence-corrected chi connectivity index (χ1v) is 14.0. The van der Waals surface area contributed by atoms with Crippen molar-refractivity contribution in [3.63, 3.8) is 0 Å². The van der Waals surface area contributed by atoms with Crippen LogP contribution >= 0.6 is 11.3 Å². The van der Waals surface area contributed by atoms with Gasteiger partial charge in [-0.05, 0) is 54.7 Å². The van der Waals surface area contributed by atoms with E-state index in [2.05, 4.69) is 20.9 Å². The van der Waals surface area contributed by atoms with Gasteiger partial charge in [0.2, 0.25) is 23.0 Å². The van der Waals surface area contributed by atoms with Gasteiger partial charge in [0.25, 0.3) is 0 Å². The lowest BCUT2D eigenvalue weighted by molar-refractivity contribution is -0.119. The molecule has 222 valence electrons. The number of fused-ring (bicyclic) bond motifs is 3. The van der Waals surface area contributed by atoms with Gasteiger partial charge in [0.15, 0.2) is 22.3 Å². The fourth-order valence-corrected chi connectivity index (χ4v) is 5.52. The van der Waals surface area contributed by atoms with Gasteiger partial charge in [-0.3, -0.25) is 14.4 Å². The van der Waals surface area contributed by atoms with Crippen molar-refractivity contribution in [3.05, 3.63) is 56.7 Å². The molecule has 0 spiro atoms. The highest BCUT2D eigenvalue weighted by Gasteiger charge is 2.29. The summed E-state index contributed by atoms with van der Waals surface area (Å²) in [6, 6.07) is 6.23. The van der Waals surface area contributed by atoms with Gasteiger partial charge in [-0.1, -0.05) is 6.07 Å². The fraction of sp³-hybridized carbons (Fsp3) is 0.345. The van der Waals surface area contributed by atoms with Crippen molar-refractivity contribution in [2.45, 2.75) is 32.7 Å². The Morgan fingerprint density at radius 1 is 1.07 bits per heavy atom. The molecule has 1 aliphatic rings. The van der Waals surface area contributed by atoms with Gasteiger partial charge in [0.05, 0.1) is 46.2 Å². The number of carbonyl (C=O) groups excluding carboxylic acids is 3. The van der Waals surface area contributed by atoms with Gasteiger partial charge in [0.1, 0.15) is 0 Å². The van der Waals surface area contributed by atoms with Crippen LogP contribution in [-0.2, 0) is 20.7 Å². The van der Waals surface area contributed by atoms with Crippen molar-refractivity contribution in [1.82, 2.24) is 10.3 Å². The van der Waals surface area contributed by atoms with Crippen molar-refractivity contribution in [2.24, 2.45) is 0 Å². The number of hydrogen-bond donors (Lipinski definition) is 3. The van der Waals surface area contributed by atoms with Gasteiger partial charge >= 0.3 is 5.97 Å².